The van der Waals surface area contributed by atoms with Gasteiger partial charge in [0.25, 0.3) is 0 Å². The Hall–Kier alpha value is -1.00. The molecule has 0 fully saturated rings. The molecular formula is C10H10N2S2. The normalized spacial score (nSPS) is 10.6. The van der Waals surface area contributed by atoms with Crippen molar-refractivity contribution in [2.24, 2.45) is 0 Å². The van der Waals surface area contributed by atoms with E-state index >= 15 is 0 Å². The zero-order valence-corrected chi connectivity index (χ0v) is 9.33. The van der Waals surface area contributed by atoms with E-state index in [4.69, 9.17) is 0 Å². The Morgan fingerprint density at radius 3 is 1.71 bits per heavy atom. The van der Waals surface area contributed by atoms with Crippen LogP contribution in [-0.2, 0) is 12.8 Å². The van der Waals surface area contributed by atoms with Crippen molar-refractivity contribution in [2.45, 2.75) is 12.8 Å². The van der Waals surface area contributed by atoms with Crippen LogP contribution < -0.4 is 0 Å². The SMILES string of the molecule is C=CCc1nc2sc(CC=C)nc2s1. The molecule has 2 rings (SSSR count). The summed E-state index contributed by atoms with van der Waals surface area (Å²) < 4.78 is 0. The molecule has 72 valence electrons. The quantitative estimate of drug-likeness (QED) is 0.742. The monoisotopic (exact) mass is 222 g/mol. The highest BCUT2D eigenvalue weighted by molar-refractivity contribution is 7.26. The lowest BCUT2D eigenvalue weighted by Crippen LogP contribution is -1.76. The van der Waals surface area contributed by atoms with Crippen LogP contribution in [0.3, 0.4) is 0 Å². The number of nitrogens with zero attached hydrogens (tertiary/aromatic N) is 2. The van der Waals surface area contributed by atoms with Gasteiger partial charge in [-0.25, -0.2) is 9.97 Å². The van der Waals surface area contributed by atoms with Crippen LogP contribution in [0.1, 0.15) is 10.0 Å². The van der Waals surface area contributed by atoms with Crippen LogP contribution in [0.5, 0.6) is 0 Å². The molecule has 4 heteroatoms. The second kappa shape index (κ2) is 4.02. The predicted molar refractivity (Wildman–Crippen MR) is 63.1 cm³/mol. The molecule has 0 bridgehead atoms. The van der Waals surface area contributed by atoms with Gasteiger partial charge >= 0.3 is 0 Å². The molecule has 0 aliphatic rings. The van der Waals surface area contributed by atoms with Gasteiger partial charge in [0, 0.05) is 12.8 Å². The second-order valence-electron chi connectivity index (χ2n) is 2.81. The van der Waals surface area contributed by atoms with Gasteiger partial charge in [-0.05, 0) is 0 Å². The molecule has 2 nitrogen and oxygen atoms in total. The van der Waals surface area contributed by atoms with Gasteiger partial charge in [-0.3, -0.25) is 0 Å². The van der Waals surface area contributed by atoms with E-state index in [0.717, 1.165) is 32.5 Å². The van der Waals surface area contributed by atoms with E-state index in [-0.39, 0.29) is 0 Å². The van der Waals surface area contributed by atoms with Crippen LogP contribution in [0.2, 0.25) is 0 Å². The van der Waals surface area contributed by atoms with Gasteiger partial charge in [0.2, 0.25) is 0 Å². The summed E-state index contributed by atoms with van der Waals surface area (Å²) in [5.41, 5.74) is 0. The van der Waals surface area contributed by atoms with Crippen molar-refractivity contribution in [1.82, 2.24) is 9.97 Å². The minimum absolute atomic E-state index is 0.838. The van der Waals surface area contributed by atoms with Crippen molar-refractivity contribution in [3.63, 3.8) is 0 Å². The van der Waals surface area contributed by atoms with Crippen molar-refractivity contribution >= 4 is 32.3 Å². The highest BCUT2D eigenvalue weighted by atomic mass is 32.1. The van der Waals surface area contributed by atoms with Crippen LogP contribution in [0.15, 0.2) is 25.3 Å². The maximum Gasteiger partial charge on any atom is 0.155 e. The van der Waals surface area contributed by atoms with E-state index in [2.05, 4.69) is 23.1 Å². The Labute approximate surface area is 90.6 Å². The summed E-state index contributed by atoms with van der Waals surface area (Å²) in [6.07, 6.45) is 5.41. The molecule has 0 aliphatic heterocycles. The van der Waals surface area contributed by atoms with Gasteiger partial charge in [0.15, 0.2) is 9.66 Å². The standard InChI is InChI=1S/C10H10N2S2/c1-3-5-7-11-9-10(13-7)12-8(14-9)6-4-2/h3-4H,1-2,5-6H2. The van der Waals surface area contributed by atoms with Gasteiger partial charge in [0.05, 0.1) is 0 Å². The Balaban J connectivity index is 2.34. The van der Waals surface area contributed by atoms with Gasteiger partial charge in [-0.2, -0.15) is 0 Å². The Bertz CT molecular complexity index is 396. The minimum Gasteiger partial charge on any atom is -0.228 e. The zero-order valence-electron chi connectivity index (χ0n) is 7.69. The number of hydrogen-bond donors (Lipinski definition) is 0. The molecule has 0 unspecified atom stereocenters. The first-order valence-electron chi connectivity index (χ1n) is 4.30. The maximum atomic E-state index is 4.47. The molecule has 0 saturated carbocycles. The van der Waals surface area contributed by atoms with Crippen molar-refractivity contribution in [2.75, 3.05) is 0 Å². The number of allylic oxidation sites excluding steroid dienone is 2. The van der Waals surface area contributed by atoms with E-state index in [9.17, 15) is 0 Å². The molecule has 0 saturated heterocycles. The van der Waals surface area contributed by atoms with E-state index in [1.165, 1.54) is 0 Å². The molecule has 0 atom stereocenters. The number of aromatic nitrogens is 2. The molecule has 14 heavy (non-hydrogen) atoms. The molecule has 0 amide bonds. The summed E-state index contributed by atoms with van der Waals surface area (Å²) in [6.45, 7) is 7.39. The number of hydrogen-bond acceptors (Lipinski definition) is 4. The van der Waals surface area contributed by atoms with Crippen molar-refractivity contribution in [3.05, 3.63) is 35.3 Å². The first-order valence-corrected chi connectivity index (χ1v) is 5.93. The van der Waals surface area contributed by atoms with E-state index in [1.807, 2.05) is 12.2 Å². The summed E-state index contributed by atoms with van der Waals surface area (Å²) in [6, 6.07) is 0. The molecule has 0 aromatic carbocycles. The predicted octanol–water partition coefficient (Wildman–Crippen LogP) is 3.21. The van der Waals surface area contributed by atoms with Crippen LogP contribution in [0, 0.1) is 0 Å². The van der Waals surface area contributed by atoms with Crippen molar-refractivity contribution in [1.29, 1.82) is 0 Å². The highest BCUT2D eigenvalue weighted by Crippen LogP contribution is 2.27. The van der Waals surface area contributed by atoms with E-state index in [0.29, 0.717) is 0 Å². The number of fused-ring (bicyclic) bond motifs is 1. The van der Waals surface area contributed by atoms with Crippen LogP contribution >= 0.6 is 22.7 Å². The second-order valence-corrected chi connectivity index (χ2v) is 4.94. The molecule has 0 spiro atoms. The molecular weight excluding hydrogens is 212 g/mol. The average Bonchev–Trinajstić information content (AvgIpc) is 2.62. The third kappa shape index (κ3) is 1.76. The third-order valence-electron chi connectivity index (χ3n) is 1.70. The molecule has 2 aromatic heterocycles. The lowest BCUT2D eigenvalue weighted by molar-refractivity contribution is 1.22. The van der Waals surface area contributed by atoms with Crippen LogP contribution in [-0.4, -0.2) is 9.97 Å². The Kier molecular flexibility index (Phi) is 2.74. The van der Waals surface area contributed by atoms with Gasteiger partial charge < -0.3 is 0 Å². The number of rotatable bonds is 4. The maximum absolute atomic E-state index is 4.47. The van der Waals surface area contributed by atoms with E-state index < -0.39 is 0 Å². The topological polar surface area (TPSA) is 25.8 Å². The smallest absolute Gasteiger partial charge is 0.155 e. The molecule has 0 N–H and O–H groups in total. The lowest BCUT2D eigenvalue weighted by Gasteiger charge is -1.85. The fourth-order valence-electron chi connectivity index (χ4n) is 1.15. The Morgan fingerprint density at radius 1 is 0.929 bits per heavy atom. The zero-order chi connectivity index (χ0) is 9.97. The summed E-state index contributed by atoms with van der Waals surface area (Å²) >= 11 is 3.30. The van der Waals surface area contributed by atoms with Crippen LogP contribution in [0.25, 0.3) is 9.66 Å². The first kappa shape index (κ1) is 9.55. The van der Waals surface area contributed by atoms with Crippen molar-refractivity contribution < 1.29 is 0 Å². The van der Waals surface area contributed by atoms with Gasteiger partial charge in [-0.1, -0.05) is 34.8 Å². The lowest BCUT2D eigenvalue weighted by atomic mass is 10.4. The van der Waals surface area contributed by atoms with Gasteiger partial charge in [-0.15, -0.1) is 13.2 Å². The number of thiazole rings is 2. The molecule has 0 aliphatic carbocycles. The Morgan fingerprint density at radius 2 is 1.36 bits per heavy atom. The summed E-state index contributed by atoms with van der Waals surface area (Å²) in [4.78, 5) is 11.0. The average molecular weight is 222 g/mol. The minimum atomic E-state index is 0.838. The fraction of sp³-hybridized carbons (Fsp3) is 0.200. The highest BCUT2D eigenvalue weighted by Gasteiger charge is 2.08. The summed E-state index contributed by atoms with van der Waals surface area (Å²) in [7, 11) is 0. The molecule has 2 heterocycles. The van der Waals surface area contributed by atoms with Crippen molar-refractivity contribution in [3.8, 4) is 0 Å². The third-order valence-corrected chi connectivity index (χ3v) is 3.77. The fourth-order valence-corrected chi connectivity index (χ4v) is 3.21. The molecule has 2 aromatic rings. The van der Waals surface area contributed by atoms with Crippen LogP contribution in [0.4, 0.5) is 0 Å². The first-order chi connectivity index (χ1) is 6.83. The summed E-state index contributed by atoms with van der Waals surface area (Å²) in [5, 5.41) is 2.19. The molecule has 0 radical (unpaired) electrons. The van der Waals surface area contributed by atoms with E-state index in [1.54, 1.807) is 22.7 Å². The van der Waals surface area contributed by atoms with Gasteiger partial charge in [0.1, 0.15) is 10.0 Å². The summed E-state index contributed by atoms with van der Waals surface area (Å²) in [5.74, 6) is 0. The largest absolute Gasteiger partial charge is 0.228 e.